The topological polar surface area (TPSA) is 19.0 Å². The molecule has 2 aliphatic rings. The number of benzene rings is 1. The monoisotopic (exact) mass is 345 g/mol. The maximum atomic E-state index is 5.69. The van der Waals surface area contributed by atoms with Crippen LogP contribution in [0.2, 0.25) is 0 Å². The van der Waals surface area contributed by atoms with Gasteiger partial charge in [-0.25, -0.2) is 0 Å². The summed E-state index contributed by atoms with van der Waals surface area (Å²) in [6.07, 6.45) is 2.54. The van der Waals surface area contributed by atoms with Crippen molar-refractivity contribution in [2.75, 3.05) is 58.3 Å². The molecular weight excluding hydrogens is 310 g/mol. The van der Waals surface area contributed by atoms with E-state index in [2.05, 4.69) is 60.7 Å². The molecule has 1 aromatic rings. The molecule has 4 heteroatoms. The van der Waals surface area contributed by atoms with Crippen molar-refractivity contribution < 1.29 is 4.74 Å². The van der Waals surface area contributed by atoms with E-state index in [0.717, 1.165) is 24.9 Å². The minimum absolute atomic E-state index is 0.109. The van der Waals surface area contributed by atoms with Crippen molar-refractivity contribution in [1.29, 1.82) is 0 Å². The zero-order chi connectivity index (χ0) is 18.0. The summed E-state index contributed by atoms with van der Waals surface area (Å²) in [5.74, 6) is 1.02. The molecule has 0 N–H and O–H groups in total. The van der Waals surface area contributed by atoms with Crippen molar-refractivity contribution in [1.82, 2.24) is 9.80 Å². The number of hydrogen-bond acceptors (Lipinski definition) is 4. The lowest BCUT2D eigenvalue weighted by Gasteiger charge is -2.42. The number of piperazine rings is 1. The second-order valence-corrected chi connectivity index (χ2v) is 8.69. The van der Waals surface area contributed by atoms with Gasteiger partial charge in [0.2, 0.25) is 0 Å². The number of methoxy groups -OCH3 is 1. The number of anilines is 1. The van der Waals surface area contributed by atoms with E-state index in [1.165, 1.54) is 50.3 Å². The molecule has 140 valence electrons. The molecule has 1 aromatic carbocycles. The van der Waals surface area contributed by atoms with E-state index in [1.807, 2.05) is 0 Å². The van der Waals surface area contributed by atoms with Crippen LogP contribution in [-0.2, 0) is 5.41 Å². The number of hydrogen-bond donors (Lipinski definition) is 0. The molecule has 0 atom stereocenters. The van der Waals surface area contributed by atoms with Gasteiger partial charge in [0.15, 0.2) is 0 Å². The van der Waals surface area contributed by atoms with Crippen LogP contribution < -0.4 is 9.64 Å². The fourth-order valence-electron chi connectivity index (χ4n) is 4.17. The van der Waals surface area contributed by atoms with Gasteiger partial charge >= 0.3 is 0 Å². The Morgan fingerprint density at radius 2 is 1.60 bits per heavy atom. The summed E-state index contributed by atoms with van der Waals surface area (Å²) in [6, 6.07) is 7.53. The maximum absolute atomic E-state index is 5.69. The first-order valence-electron chi connectivity index (χ1n) is 9.74. The fourth-order valence-corrected chi connectivity index (χ4v) is 4.17. The number of nitrogens with zero attached hydrogens (tertiary/aromatic N) is 3. The molecule has 0 amide bonds. The van der Waals surface area contributed by atoms with Crippen molar-refractivity contribution in [2.24, 2.45) is 0 Å². The Kier molecular flexibility index (Phi) is 5.59. The average Bonchev–Trinajstić information content (AvgIpc) is 2.61. The highest BCUT2D eigenvalue weighted by Gasteiger charge is 2.27. The van der Waals surface area contributed by atoms with E-state index in [-0.39, 0.29) is 5.41 Å². The highest BCUT2D eigenvalue weighted by Crippen LogP contribution is 2.35. The Hall–Kier alpha value is -1.26. The molecule has 0 bridgehead atoms. The molecule has 0 spiro atoms. The van der Waals surface area contributed by atoms with Crippen molar-refractivity contribution in [3.8, 4) is 5.75 Å². The highest BCUT2D eigenvalue weighted by atomic mass is 16.5. The Morgan fingerprint density at radius 3 is 2.16 bits per heavy atom. The minimum Gasteiger partial charge on any atom is -0.496 e. The molecule has 0 aliphatic carbocycles. The molecule has 2 heterocycles. The number of ether oxygens (including phenoxy) is 1. The largest absolute Gasteiger partial charge is 0.496 e. The van der Waals surface area contributed by atoms with Gasteiger partial charge < -0.3 is 14.5 Å². The third kappa shape index (κ3) is 4.29. The quantitative estimate of drug-likeness (QED) is 0.837. The zero-order valence-electron chi connectivity index (χ0n) is 16.7. The molecular formula is C21H35N3O. The molecule has 0 saturated carbocycles. The molecule has 2 aliphatic heterocycles. The summed E-state index contributed by atoms with van der Waals surface area (Å²) in [5, 5.41) is 0. The maximum Gasteiger partial charge on any atom is 0.124 e. The molecule has 2 saturated heterocycles. The molecule has 4 nitrogen and oxygen atoms in total. The summed E-state index contributed by atoms with van der Waals surface area (Å²) in [5.41, 5.74) is 2.70. The van der Waals surface area contributed by atoms with Crippen LogP contribution in [0.4, 0.5) is 5.69 Å². The third-order valence-corrected chi connectivity index (χ3v) is 5.88. The SMILES string of the molecule is COc1cc(N2CCC(N3CCN(C)CC3)CC2)ccc1C(C)(C)C. The van der Waals surface area contributed by atoms with Crippen molar-refractivity contribution in [3.63, 3.8) is 0 Å². The number of piperidine rings is 1. The summed E-state index contributed by atoms with van der Waals surface area (Å²) >= 11 is 0. The van der Waals surface area contributed by atoms with E-state index >= 15 is 0 Å². The van der Waals surface area contributed by atoms with Gasteiger partial charge in [-0.1, -0.05) is 26.8 Å². The summed E-state index contributed by atoms with van der Waals surface area (Å²) < 4.78 is 5.69. The first-order valence-corrected chi connectivity index (χ1v) is 9.74. The highest BCUT2D eigenvalue weighted by molar-refractivity contribution is 5.55. The third-order valence-electron chi connectivity index (χ3n) is 5.88. The van der Waals surface area contributed by atoms with Crippen molar-refractivity contribution in [3.05, 3.63) is 23.8 Å². The van der Waals surface area contributed by atoms with E-state index in [4.69, 9.17) is 4.74 Å². The van der Waals surface area contributed by atoms with Gasteiger partial charge in [0.05, 0.1) is 7.11 Å². The molecule has 0 radical (unpaired) electrons. The van der Waals surface area contributed by atoms with E-state index < -0.39 is 0 Å². The predicted octanol–water partition coefficient (Wildman–Crippen LogP) is 3.21. The van der Waals surface area contributed by atoms with Crippen LogP contribution in [-0.4, -0.2) is 69.3 Å². The van der Waals surface area contributed by atoms with Crippen LogP contribution in [0.3, 0.4) is 0 Å². The zero-order valence-corrected chi connectivity index (χ0v) is 16.7. The minimum atomic E-state index is 0.109. The smallest absolute Gasteiger partial charge is 0.124 e. The van der Waals surface area contributed by atoms with E-state index in [0.29, 0.717) is 0 Å². The van der Waals surface area contributed by atoms with Gasteiger partial charge in [-0.15, -0.1) is 0 Å². The van der Waals surface area contributed by atoms with E-state index in [1.54, 1.807) is 7.11 Å². The van der Waals surface area contributed by atoms with Gasteiger partial charge in [0.25, 0.3) is 0 Å². The van der Waals surface area contributed by atoms with Crippen LogP contribution in [0.15, 0.2) is 18.2 Å². The van der Waals surface area contributed by atoms with Gasteiger partial charge in [-0.2, -0.15) is 0 Å². The van der Waals surface area contributed by atoms with Gasteiger partial charge in [-0.3, -0.25) is 4.90 Å². The van der Waals surface area contributed by atoms with Gasteiger partial charge in [0, 0.05) is 57.1 Å². The predicted molar refractivity (Wildman–Crippen MR) is 106 cm³/mol. The Morgan fingerprint density at radius 1 is 0.960 bits per heavy atom. The molecule has 0 aromatic heterocycles. The molecule has 2 fully saturated rings. The normalized spacial score (nSPS) is 21.6. The Bertz CT molecular complexity index is 565. The summed E-state index contributed by atoms with van der Waals surface area (Å²) in [6.45, 7) is 13.9. The van der Waals surface area contributed by atoms with Crippen molar-refractivity contribution >= 4 is 5.69 Å². The molecule has 25 heavy (non-hydrogen) atoms. The van der Waals surface area contributed by atoms with Gasteiger partial charge in [-0.05, 0) is 36.9 Å². The fraction of sp³-hybridized carbons (Fsp3) is 0.714. The first kappa shape index (κ1) is 18.5. The van der Waals surface area contributed by atoms with E-state index in [9.17, 15) is 0 Å². The van der Waals surface area contributed by atoms with Crippen molar-refractivity contribution in [2.45, 2.75) is 45.1 Å². The van der Waals surface area contributed by atoms with Gasteiger partial charge in [0.1, 0.15) is 5.75 Å². The lowest BCUT2D eigenvalue weighted by Crippen LogP contribution is -2.52. The number of rotatable bonds is 3. The lowest BCUT2D eigenvalue weighted by molar-refractivity contribution is 0.0982. The first-order chi connectivity index (χ1) is 11.9. The second kappa shape index (κ2) is 7.55. The Labute approximate surface area is 153 Å². The standard InChI is InChI=1S/C21H35N3O/c1-21(2,3)19-7-6-18(16-20(19)25-5)23-10-8-17(9-11-23)24-14-12-22(4)13-15-24/h6-7,16-17H,8-15H2,1-5H3. The summed E-state index contributed by atoms with van der Waals surface area (Å²) in [7, 11) is 4.02. The molecule has 3 rings (SSSR count). The van der Waals surface area contributed by atoms with Crippen LogP contribution >= 0.6 is 0 Å². The average molecular weight is 346 g/mol. The van der Waals surface area contributed by atoms with Crippen LogP contribution in [0, 0.1) is 0 Å². The lowest BCUT2D eigenvalue weighted by atomic mass is 9.86. The number of likely N-dealkylation sites (N-methyl/N-ethyl adjacent to an activating group) is 1. The summed E-state index contributed by atoms with van der Waals surface area (Å²) in [4.78, 5) is 7.68. The van der Waals surface area contributed by atoms with Crippen LogP contribution in [0.1, 0.15) is 39.2 Å². The van der Waals surface area contributed by atoms with Crippen LogP contribution in [0.25, 0.3) is 0 Å². The Balaban J connectivity index is 1.63. The molecule has 0 unspecified atom stereocenters. The van der Waals surface area contributed by atoms with Crippen LogP contribution in [0.5, 0.6) is 5.75 Å². The second-order valence-electron chi connectivity index (χ2n) is 8.69.